The Balaban J connectivity index is 2.18. The van der Waals surface area contributed by atoms with Crippen LogP contribution in [-0.2, 0) is 11.2 Å². The highest BCUT2D eigenvalue weighted by Gasteiger charge is 2.21. The maximum absolute atomic E-state index is 11.4. The molecule has 0 fully saturated rings. The second kappa shape index (κ2) is 7.11. The zero-order valence-corrected chi connectivity index (χ0v) is 13.0. The molecule has 1 unspecified atom stereocenters. The quantitative estimate of drug-likeness (QED) is 0.643. The lowest BCUT2D eigenvalue weighted by atomic mass is 10.1. The van der Waals surface area contributed by atoms with Gasteiger partial charge in [-0.15, -0.1) is 0 Å². The van der Waals surface area contributed by atoms with Crippen LogP contribution in [0.2, 0.25) is 5.02 Å². The summed E-state index contributed by atoms with van der Waals surface area (Å²) in [5.74, 6) is -0.770. The van der Waals surface area contributed by atoms with E-state index in [2.05, 4.69) is 0 Å². The Hall–Kier alpha value is -2.60. The zero-order valence-electron chi connectivity index (χ0n) is 12.2. The summed E-state index contributed by atoms with van der Waals surface area (Å²) in [5, 5.41) is 20.7. The van der Waals surface area contributed by atoms with Crippen molar-refractivity contribution in [3.8, 4) is 5.75 Å². The number of benzene rings is 2. The fraction of sp³-hybridized carbons (Fsp3) is 0.188. The van der Waals surface area contributed by atoms with E-state index in [9.17, 15) is 20.0 Å². The van der Waals surface area contributed by atoms with Gasteiger partial charge in [0.2, 0.25) is 0 Å². The minimum atomic E-state index is -1.16. The van der Waals surface area contributed by atoms with Gasteiger partial charge in [0, 0.05) is 23.6 Å². The van der Waals surface area contributed by atoms with E-state index in [4.69, 9.17) is 16.3 Å². The highest BCUT2D eigenvalue weighted by atomic mass is 35.5. The molecule has 0 heterocycles. The lowest BCUT2D eigenvalue weighted by Crippen LogP contribution is -2.29. The average molecular weight is 336 g/mol. The van der Waals surface area contributed by atoms with Crippen molar-refractivity contribution in [3.63, 3.8) is 0 Å². The number of nitro benzene ring substituents is 1. The SMILES string of the molecule is Cc1cc(OC(Cc2cccc([N+](=O)[O-])c2)C(=O)O)ccc1Cl. The Labute approximate surface area is 137 Å². The van der Waals surface area contributed by atoms with Crippen LogP contribution >= 0.6 is 11.6 Å². The topological polar surface area (TPSA) is 89.7 Å². The average Bonchev–Trinajstić information content (AvgIpc) is 2.50. The van der Waals surface area contributed by atoms with Crippen LogP contribution in [0.3, 0.4) is 0 Å². The van der Waals surface area contributed by atoms with Gasteiger partial charge in [0.05, 0.1) is 4.92 Å². The molecule has 2 aromatic rings. The number of hydrogen-bond acceptors (Lipinski definition) is 4. The van der Waals surface area contributed by atoms with Gasteiger partial charge in [0.15, 0.2) is 6.10 Å². The van der Waals surface area contributed by atoms with Crippen LogP contribution < -0.4 is 4.74 Å². The molecular formula is C16H14ClNO5. The van der Waals surface area contributed by atoms with Gasteiger partial charge in [0.25, 0.3) is 5.69 Å². The summed E-state index contributed by atoms with van der Waals surface area (Å²) in [7, 11) is 0. The smallest absolute Gasteiger partial charge is 0.345 e. The fourth-order valence-electron chi connectivity index (χ4n) is 2.05. The first-order valence-corrected chi connectivity index (χ1v) is 7.13. The number of carbonyl (C=O) groups is 1. The molecule has 0 aliphatic rings. The number of hydrogen-bond donors (Lipinski definition) is 1. The molecule has 0 aromatic heterocycles. The van der Waals surface area contributed by atoms with E-state index in [0.29, 0.717) is 16.3 Å². The molecule has 120 valence electrons. The number of ether oxygens (including phenoxy) is 1. The first-order chi connectivity index (χ1) is 10.9. The Morgan fingerprint density at radius 3 is 2.70 bits per heavy atom. The minimum absolute atomic E-state index is 0.0126. The van der Waals surface area contributed by atoms with E-state index in [1.54, 1.807) is 31.2 Å². The van der Waals surface area contributed by atoms with E-state index >= 15 is 0 Å². The van der Waals surface area contributed by atoms with Gasteiger partial charge >= 0.3 is 5.97 Å². The van der Waals surface area contributed by atoms with Crippen LogP contribution in [0.25, 0.3) is 0 Å². The molecule has 0 saturated carbocycles. The monoisotopic (exact) mass is 335 g/mol. The van der Waals surface area contributed by atoms with E-state index in [1.807, 2.05) is 0 Å². The van der Waals surface area contributed by atoms with Crippen LogP contribution in [0, 0.1) is 17.0 Å². The van der Waals surface area contributed by atoms with Gasteiger partial charge in [-0.3, -0.25) is 10.1 Å². The standard InChI is InChI=1S/C16H14ClNO5/c1-10-7-13(5-6-14(10)17)23-15(16(19)20)9-11-3-2-4-12(8-11)18(21)22/h2-8,15H,9H2,1H3,(H,19,20). The molecule has 0 saturated heterocycles. The summed E-state index contributed by atoms with van der Waals surface area (Å²) < 4.78 is 5.49. The molecular weight excluding hydrogens is 322 g/mol. The van der Waals surface area contributed by atoms with E-state index in [0.717, 1.165) is 5.56 Å². The van der Waals surface area contributed by atoms with Crippen LogP contribution in [0.5, 0.6) is 5.75 Å². The third-order valence-corrected chi connectivity index (χ3v) is 3.65. The summed E-state index contributed by atoms with van der Waals surface area (Å²) in [5.41, 5.74) is 1.19. The van der Waals surface area contributed by atoms with Gasteiger partial charge in [-0.25, -0.2) is 4.79 Å². The number of carboxylic acid groups (broad SMARTS) is 1. The Kier molecular flexibility index (Phi) is 5.18. The molecule has 1 N–H and O–H groups in total. The van der Waals surface area contributed by atoms with Crippen molar-refractivity contribution in [1.82, 2.24) is 0 Å². The first kappa shape index (κ1) is 16.8. The van der Waals surface area contributed by atoms with Crippen molar-refractivity contribution in [1.29, 1.82) is 0 Å². The second-order valence-corrected chi connectivity index (χ2v) is 5.39. The van der Waals surface area contributed by atoms with Crippen molar-refractivity contribution in [2.75, 3.05) is 0 Å². The first-order valence-electron chi connectivity index (χ1n) is 6.76. The number of nitrogens with zero attached hydrogens (tertiary/aromatic N) is 1. The van der Waals surface area contributed by atoms with E-state index in [1.165, 1.54) is 18.2 Å². The summed E-state index contributed by atoms with van der Waals surface area (Å²) >= 11 is 5.92. The summed E-state index contributed by atoms with van der Waals surface area (Å²) in [6.07, 6.45) is -1.14. The number of halogens is 1. The molecule has 23 heavy (non-hydrogen) atoms. The van der Waals surface area contributed by atoms with Gasteiger partial charge in [-0.05, 0) is 36.2 Å². The molecule has 0 radical (unpaired) electrons. The number of rotatable bonds is 6. The number of aliphatic carboxylic acids is 1. The van der Waals surface area contributed by atoms with Crippen molar-refractivity contribution < 1.29 is 19.6 Å². The summed E-state index contributed by atoms with van der Waals surface area (Å²) in [4.78, 5) is 21.6. The predicted octanol–water partition coefficient (Wildman–Crippen LogP) is 3.63. The van der Waals surface area contributed by atoms with Crippen molar-refractivity contribution >= 4 is 23.3 Å². The molecule has 0 bridgehead atoms. The molecule has 2 aromatic carbocycles. The highest BCUT2D eigenvalue weighted by Crippen LogP contribution is 2.23. The van der Waals surface area contributed by atoms with Crippen LogP contribution in [0.4, 0.5) is 5.69 Å². The lowest BCUT2D eigenvalue weighted by Gasteiger charge is -2.16. The van der Waals surface area contributed by atoms with Crippen LogP contribution in [0.15, 0.2) is 42.5 Å². The van der Waals surface area contributed by atoms with E-state index < -0.39 is 17.0 Å². The van der Waals surface area contributed by atoms with Crippen molar-refractivity contribution in [3.05, 3.63) is 68.7 Å². The predicted molar refractivity (Wildman–Crippen MR) is 85.0 cm³/mol. The molecule has 1 atom stereocenters. The molecule has 0 aliphatic carbocycles. The van der Waals surface area contributed by atoms with Crippen molar-refractivity contribution in [2.45, 2.75) is 19.4 Å². The third-order valence-electron chi connectivity index (χ3n) is 3.23. The molecule has 0 spiro atoms. The number of nitro groups is 1. The molecule has 6 nitrogen and oxygen atoms in total. The van der Waals surface area contributed by atoms with Gasteiger partial charge in [-0.1, -0.05) is 23.7 Å². The van der Waals surface area contributed by atoms with E-state index in [-0.39, 0.29) is 12.1 Å². The van der Waals surface area contributed by atoms with Gasteiger partial charge in [0.1, 0.15) is 5.75 Å². The Bertz CT molecular complexity index is 747. The Morgan fingerprint density at radius 2 is 2.09 bits per heavy atom. The summed E-state index contributed by atoms with van der Waals surface area (Å²) in [6, 6.07) is 10.7. The largest absolute Gasteiger partial charge is 0.478 e. The van der Waals surface area contributed by atoms with Gasteiger partial charge in [-0.2, -0.15) is 0 Å². The van der Waals surface area contributed by atoms with Crippen LogP contribution in [-0.4, -0.2) is 22.1 Å². The third kappa shape index (κ3) is 4.43. The maximum atomic E-state index is 11.4. The summed E-state index contributed by atoms with van der Waals surface area (Å²) in [6.45, 7) is 1.78. The Morgan fingerprint density at radius 1 is 1.35 bits per heavy atom. The molecule has 2 rings (SSSR count). The molecule has 7 heteroatoms. The van der Waals surface area contributed by atoms with Crippen LogP contribution in [0.1, 0.15) is 11.1 Å². The molecule has 0 amide bonds. The highest BCUT2D eigenvalue weighted by molar-refractivity contribution is 6.31. The van der Waals surface area contributed by atoms with Gasteiger partial charge < -0.3 is 9.84 Å². The minimum Gasteiger partial charge on any atom is -0.478 e. The van der Waals surface area contributed by atoms with Crippen molar-refractivity contribution in [2.24, 2.45) is 0 Å². The lowest BCUT2D eigenvalue weighted by molar-refractivity contribution is -0.384. The number of carboxylic acids is 1. The zero-order chi connectivity index (χ0) is 17.0. The maximum Gasteiger partial charge on any atom is 0.345 e. The fourth-order valence-corrected chi connectivity index (χ4v) is 2.16. The second-order valence-electron chi connectivity index (χ2n) is 4.99. The molecule has 0 aliphatic heterocycles. The number of aryl methyl sites for hydroxylation is 1. The number of non-ortho nitro benzene ring substituents is 1. The normalized spacial score (nSPS) is 11.7.